The smallest absolute Gasteiger partial charge is 0.136 e. The number of nitrogen functional groups attached to an aromatic ring is 1. The van der Waals surface area contributed by atoms with Gasteiger partial charge in [0.1, 0.15) is 17.5 Å². The minimum atomic E-state index is 0.503. The van der Waals surface area contributed by atoms with Gasteiger partial charge in [0.15, 0.2) is 0 Å². The molecule has 1 saturated carbocycles. The summed E-state index contributed by atoms with van der Waals surface area (Å²) in [5.41, 5.74) is 7.00. The molecule has 6 heteroatoms. The predicted molar refractivity (Wildman–Crippen MR) is 85.6 cm³/mol. The van der Waals surface area contributed by atoms with Crippen molar-refractivity contribution in [2.45, 2.75) is 31.7 Å². The summed E-state index contributed by atoms with van der Waals surface area (Å²) in [7, 11) is 4.37. The van der Waals surface area contributed by atoms with E-state index in [4.69, 9.17) is 5.73 Å². The van der Waals surface area contributed by atoms with E-state index in [9.17, 15) is 0 Å². The van der Waals surface area contributed by atoms with E-state index in [0.29, 0.717) is 17.8 Å². The Labute approximate surface area is 126 Å². The topological polar surface area (TPSA) is 70.3 Å². The molecule has 1 aromatic rings. The lowest BCUT2D eigenvalue weighted by Gasteiger charge is -2.37. The van der Waals surface area contributed by atoms with Crippen LogP contribution in [0.15, 0.2) is 0 Å². The Bertz CT molecular complexity index is 513. The molecule has 2 fully saturated rings. The van der Waals surface area contributed by atoms with Crippen LogP contribution in [-0.2, 0) is 0 Å². The van der Waals surface area contributed by atoms with Gasteiger partial charge in [-0.05, 0) is 33.9 Å². The van der Waals surface area contributed by atoms with Crippen molar-refractivity contribution >= 4 is 11.6 Å². The number of nitrogens with zero attached hydrogens (tertiary/aromatic N) is 4. The highest BCUT2D eigenvalue weighted by atomic mass is 15.3. The van der Waals surface area contributed by atoms with Crippen LogP contribution >= 0.6 is 0 Å². The van der Waals surface area contributed by atoms with Gasteiger partial charge in [-0.2, -0.15) is 0 Å². The molecule has 0 amide bonds. The third-order valence-corrected chi connectivity index (χ3v) is 4.63. The number of hydrogen-bond donors (Lipinski definition) is 2. The van der Waals surface area contributed by atoms with Crippen molar-refractivity contribution in [3.63, 3.8) is 0 Å². The summed E-state index contributed by atoms with van der Waals surface area (Å²) < 4.78 is 0. The zero-order valence-corrected chi connectivity index (χ0v) is 13.3. The standard InChI is InChI=1S/C15H26N6/c1-10-13(16)18-15(11-4-5-11)19-14(10)17-8-12-9-20(2)6-7-21(12)3/h11-12H,4-9H2,1-3H3,(H3,16,17,18,19). The van der Waals surface area contributed by atoms with Crippen LogP contribution in [0.2, 0.25) is 0 Å². The molecule has 0 radical (unpaired) electrons. The minimum absolute atomic E-state index is 0.503. The van der Waals surface area contributed by atoms with Crippen molar-refractivity contribution in [2.24, 2.45) is 0 Å². The molecule has 1 aromatic heterocycles. The maximum absolute atomic E-state index is 6.04. The molecule has 0 bridgehead atoms. The Hall–Kier alpha value is -1.40. The van der Waals surface area contributed by atoms with Crippen molar-refractivity contribution in [3.05, 3.63) is 11.4 Å². The third-order valence-electron chi connectivity index (χ3n) is 4.63. The monoisotopic (exact) mass is 290 g/mol. The third kappa shape index (κ3) is 3.27. The molecule has 1 aliphatic heterocycles. The molecule has 2 heterocycles. The number of piperazine rings is 1. The highest BCUT2D eigenvalue weighted by Crippen LogP contribution is 2.39. The first kappa shape index (κ1) is 14.5. The molecule has 116 valence electrons. The van der Waals surface area contributed by atoms with Gasteiger partial charge >= 0.3 is 0 Å². The summed E-state index contributed by atoms with van der Waals surface area (Å²) in [6, 6.07) is 0.503. The second kappa shape index (κ2) is 5.77. The molecule has 6 nitrogen and oxygen atoms in total. The Morgan fingerprint density at radius 2 is 2.00 bits per heavy atom. The van der Waals surface area contributed by atoms with Gasteiger partial charge in [0.05, 0.1) is 0 Å². The van der Waals surface area contributed by atoms with E-state index in [1.54, 1.807) is 0 Å². The maximum atomic E-state index is 6.04. The van der Waals surface area contributed by atoms with E-state index in [1.165, 1.54) is 12.8 Å². The maximum Gasteiger partial charge on any atom is 0.136 e. The predicted octanol–water partition coefficient (Wildman–Crippen LogP) is 0.902. The zero-order chi connectivity index (χ0) is 15.0. The van der Waals surface area contributed by atoms with Crippen molar-refractivity contribution in [3.8, 4) is 0 Å². The number of hydrogen-bond acceptors (Lipinski definition) is 6. The van der Waals surface area contributed by atoms with E-state index in [0.717, 1.165) is 43.4 Å². The number of nitrogens with one attached hydrogen (secondary N) is 1. The van der Waals surface area contributed by atoms with Crippen LogP contribution in [-0.4, -0.2) is 66.1 Å². The van der Waals surface area contributed by atoms with Gasteiger partial charge in [-0.1, -0.05) is 0 Å². The molecular formula is C15H26N6. The van der Waals surface area contributed by atoms with Crippen molar-refractivity contribution < 1.29 is 0 Å². The second-order valence-electron chi connectivity index (χ2n) is 6.49. The average Bonchev–Trinajstić information content (AvgIpc) is 3.28. The summed E-state index contributed by atoms with van der Waals surface area (Å²) in [4.78, 5) is 13.9. The summed E-state index contributed by atoms with van der Waals surface area (Å²) in [5.74, 6) is 2.96. The zero-order valence-electron chi connectivity index (χ0n) is 13.3. The van der Waals surface area contributed by atoms with E-state index < -0.39 is 0 Å². The minimum Gasteiger partial charge on any atom is -0.383 e. The molecule has 21 heavy (non-hydrogen) atoms. The van der Waals surface area contributed by atoms with Crippen molar-refractivity contribution in [1.82, 2.24) is 19.8 Å². The van der Waals surface area contributed by atoms with Gasteiger partial charge in [0, 0.05) is 43.7 Å². The highest BCUT2D eigenvalue weighted by Gasteiger charge is 2.28. The second-order valence-corrected chi connectivity index (χ2v) is 6.49. The lowest BCUT2D eigenvalue weighted by atomic mass is 10.2. The quantitative estimate of drug-likeness (QED) is 0.859. The van der Waals surface area contributed by atoms with Gasteiger partial charge in [-0.3, -0.25) is 4.90 Å². The molecule has 3 N–H and O–H groups in total. The van der Waals surface area contributed by atoms with Crippen LogP contribution in [0.3, 0.4) is 0 Å². The van der Waals surface area contributed by atoms with Gasteiger partial charge in [0.25, 0.3) is 0 Å². The Balaban J connectivity index is 1.69. The number of nitrogens with two attached hydrogens (primary N) is 1. The van der Waals surface area contributed by atoms with Crippen LogP contribution in [0.1, 0.15) is 30.1 Å². The first-order valence-corrected chi connectivity index (χ1v) is 7.81. The fraction of sp³-hybridized carbons (Fsp3) is 0.733. The Morgan fingerprint density at radius 3 is 2.71 bits per heavy atom. The fourth-order valence-corrected chi connectivity index (χ4v) is 2.78. The van der Waals surface area contributed by atoms with E-state index in [-0.39, 0.29) is 0 Å². The number of aromatic nitrogens is 2. The number of anilines is 2. The van der Waals surface area contributed by atoms with E-state index in [1.807, 2.05) is 6.92 Å². The Morgan fingerprint density at radius 1 is 1.24 bits per heavy atom. The normalized spacial score (nSPS) is 24.2. The van der Waals surface area contributed by atoms with Crippen LogP contribution in [0, 0.1) is 6.92 Å². The molecule has 1 unspecified atom stereocenters. The number of likely N-dealkylation sites (N-methyl/N-ethyl adjacent to an activating group) is 2. The van der Waals surface area contributed by atoms with Crippen molar-refractivity contribution in [2.75, 3.05) is 51.3 Å². The molecule has 2 aliphatic rings. The van der Waals surface area contributed by atoms with Crippen LogP contribution in [0.4, 0.5) is 11.6 Å². The SMILES string of the molecule is Cc1c(N)nc(C2CC2)nc1NCC1CN(C)CCN1C. The lowest BCUT2D eigenvalue weighted by Crippen LogP contribution is -2.52. The fourth-order valence-electron chi connectivity index (χ4n) is 2.78. The molecule has 1 atom stereocenters. The van der Waals surface area contributed by atoms with Gasteiger partial charge in [-0.15, -0.1) is 0 Å². The van der Waals surface area contributed by atoms with Gasteiger partial charge < -0.3 is 16.0 Å². The van der Waals surface area contributed by atoms with Gasteiger partial charge in [-0.25, -0.2) is 9.97 Å². The molecule has 1 saturated heterocycles. The molecular weight excluding hydrogens is 264 g/mol. The number of rotatable bonds is 4. The van der Waals surface area contributed by atoms with Crippen LogP contribution in [0.5, 0.6) is 0 Å². The van der Waals surface area contributed by atoms with Crippen LogP contribution in [0.25, 0.3) is 0 Å². The van der Waals surface area contributed by atoms with E-state index in [2.05, 4.69) is 39.2 Å². The average molecular weight is 290 g/mol. The largest absolute Gasteiger partial charge is 0.383 e. The summed E-state index contributed by atoms with van der Waals surface area (Å²) in [6.07, 6.45) is 2.39. The van der Waals surface area contributed by atoms with Crippen molar-refractivity contribution in [1.29, 1.82) is 0 Å². The first-order chi connectivity index (χ1) is 10.0. The van der Waals surface area contributed by atoms with Crippen LogP contribution < -0.4 is 11.1 Å². The summed E-state index contributed by atoms with van der Waals surface area (Å²) >= 11 is 0. The highest BCUT2D eigenvalue weighted by molar-refractivity contribution is 5.55. The van der Waals surface area contributed by atoms with Gasteiger partial charge in [0.2, 0.25) is 0 Å². The summed E-state index contributed by atoms with van der Waals surface area (Å²) in [6.45, 7) is 6.21. The molecule has 0 aromatic carbocycles. The van der Waals surface area contributed by atoms with E-state index >= 15 is 0 Å². The molecule has 1 aliphatic carbocycles. The molecule has 3 rings (SSSR count). The Kier molecular flexibility index (Phi) is 3.99. The summed E-state index contributed by atoms with van der Waals surface area (Å²) in [5, 5.41) is 3.50. The molecule has 0 spiro atoms. The first-order valence-electron chi connectivity index (χ1n) is 7.81. The lowest BCUT2D eigenvalue weighted by molar-refractivity contribution is 0.122.